The molecule has 1 fully saturated rings. The van der Waals surface area contributed by atoms with E-state index < -0.39 is 0 Å². The number of aryl methyl sites for hydroxylation is 2. The van der Waals surface area contributed by atoms with E-state index in [1.54, 1.807) is 7.11 Å². The third-order valence-electron chi connectivity index (χ3n) is 5.80. The molecule has 0 aromatic heterocycles. The van der Waals surface area contributed by atoms with Crippen LogP contribution in [0, 0.1) is 6.92 Å². The second-order valence-electron chi connectivity index (χ2n) is 7.76. The van der Waals surface area contributed by atoms with Crippen molar-refractivity contribution in [3.8, 4) is 5.75 Å². The second kappa shape index (κ2) is 8.41. The third kappa shape index (κ3) is 4.22. The molecule has 1 atom stereocenters. The van der Waals surface area contributed by atoms with Crippen molar-refractivity contribution in [3.05, 3.63) is 53.1 Å². The summed E-state index contributed by atoms with van der Waals surface area (Å²) in [5.74, 6) is 1.09. The standard InChI is InChI=1S/C23H27N3O2S/c1-15-8-9-17(14-21(15)26-12-4-7-22(26)27)24-23(29)25-20-6-3-5-16-13-18(28-2)10-11-19(16)20/h8-11,13-14,20H,3-7,12H2,1-2H3,(H2,24,25,29). The van der Waals surface area contributed by atoms with Crippen LogP contribution in [0.2, 0.25) is 0 Å². The highest BCUT2D eigenvalue weighted by Crippen LogP contribution is 2.32. The topological polar surface area (TPSA) is 53.6 Å². The number of hydrogen-bond donors (Lipinski definition) is 2. The number of ether oxygens (including phenoxy) is 1. The van der Waals surface area contributed by atoms with E-state index in [0.29, 0.717) is 11.5 Å². The highest BCUT2D eigenvalue weighted by molar-refractivity contribution is 7.80. The van der Waals surface area contributed by atoms with Gasteiger partial charge in [-0.15, -0.1) is 0 Å². The van der Waals surface area contributed by atoms with E-state index >= 15 is 0 Å². The Balaban J connectivity index is 1.46. The zero-order chi connectivity index (χ0) is 20.4. The van der Waals surface area contributed by atoms with Crippen molar-refractivity contribution in [2.45, 2.75) is 45.1 Å². The van der Waals surface area contributed by atoms with Crippen LogP contribution in [0.15, 0.2) is 36.4 Å². The minimum atomic E-state index is 0.190. The lowest BCUT2D eigenvalue weighted by atomic mass is 9.87. The lowest BCUT2D eigenvalue weighted by molar-refractivity contribution is -0.117. The average molecular weight is 410 g/mol. The van der Waals surface area contributed by atoms with Gasteiger partial charge in [0.2, 0.25) is 5.91 Å². The molecule has 1 unspecified atom stereocenters. The minimum Gasteiger partial charge on any atom is -0.497 e. The van der Waals surface area contributed by atoms with Crippen molar-refractivity contribution in [2.75, 3.05) is 23.9 Å². The van der Waals surface area contributed by atoms with E-state index in [9.17, 15) is 4.79 Å². The number of rotatable bonds is 4. The number of nitrogens with zero attached hydrogens (tertiary/aromatic N) is 1. The third-order valence-corrected chi connectivity index (χ3v) is 6.02. The zero-order valence-electron chi connectivity index (χ0n) is 17.0. The molecule has 6 heteroatoms. The van der Waals surface area contributed by atoms with Crippen LogP contribution in [0.3, 0.4) is 0 Å². The molecule has 2 N–H and O–H groups in total. The molecule has 0 radical (unpaired) electrons. The first-order valence-corrected chi connectivity index (χ1v) is 10.6. The van der Waals surface area contributed by atoms with Gasteiger partial charge in [-0.2, -0.15) is 0 Å². The number of anilines is 2. The van der Waals surface area contributed by atoms with Gasteiger partial charge in [-0.3, -0.25) is 4.79 Å². The number of amides is 1. The number of fused-ring (bicyclic) bond motifs is 1. The Morgan fingerprint density at radius 3 is 2.79 bits per heavy atom. The molecule has 29 heavy (non-hydrogen) atoms. The van der Waals surface area contributed by atoms with Crippen LogP contribution in [0.5, 0.6) is 5.75 Å². The first-order valence-electron chi connectivity index (χ1n) is 10.2. The summed E-state index contributed by atoms with van der Waals surface area (Å²) in [6.45, 7) is 2.82. The zero-order valence-corrected chi connectivity index (χ0v) is 17.8. The summed E-state index contributed by atoms with van der Waals surface area (Å²) in [6.07, 6.45) is 4.77. The van der Waals surface area contributed by atoms with Crippen LogP contribution >= 0.6 is 12.2 Å². The molecule has 2 aromatic carbocycles. The van der Waals surface area contributed by atoms with E-state index in [-0.39, 0.29) is 11.9 Å². The van der Waals surface area contributed by atoms with Crippen LogP contribution in [-0.4, -0.2) is 24.7 Å². The van der Waals surface area contributed by atoms with Gasteiger partial charge in [-0.05, 0) is 85.8 Å². The van der Waals surface area contributed by atoms with Gasteiger partial charge in [0.25, 0.3) is 0 Å². The minimum absolute atomic E-state index is 0.190. The van der Waals surface area contributed by atoms with E-state index in [1.807, 2.05) is 36.1 Å². The van der Waals surface area contributed by atoms with Gasteiger partial charge < -0.3 is 20.3 Å². The van der Waals surface area contributed by atoms with Crippen molar-refractivity contribution in [3.63, 3.8) is 0 Å². The van der Waals surface area contributed by atoms with Crippen molar-refractivity contribution < 1.29 is 9.53 Å². The summed E-state index contributed by atoms with van der Waals surface area (Å²) in [6, 6.07) is 12.5. The van der Waals surface area contributed by atoms with Crippen molar-refractivity contribution in [1.82, 2.24) is 5.32 Å². The average Bonchev–Trinajstić information content (AvgIpc) is 3.15. The van der Waals surface area contributed by atoms with Gasteiger partial charge in [0, 0.05) is 24.3 Å². The summed E-state index contributed by atoms with van der Waals surface area (Å²) in [4.78, 5) is 14.0. The molecule has 1 amide bonds. The Labute approximate surface area is 177 Å². The molecule has 1 aliphatic carbocycles. The highest BCUT2D eigenvalue weighted by atomic mass is 32.1. The van der Waals surface area contributed by atoms with Crippen LogP contribution in [0.4, 0.5) is 11.4 Å². The smallest absolute Gasteiger partial charge is 0.227 e. The first-order chi connectivity index (χ1) is 14.0. The van der Waals surface area contributed by atoms with E-state index in [4.69, 9.17) is 17.0 Å². The molecule has 2 aliphatic rings. The molecule has 0 bridgehead atoms. The molecule has 1 aliphatic heterocycles. The quantitative estimate of drug-likeness (QED) is 0.729. The Morgan fingerprint density at radius 2 is 2.03 bits per heavy atom. The normalized spacial score (nSPS) is 18.3. The molecule has 5 nitrogen and oxygen atoms in total. The summed E-state index contributed by atoms with van der Waals surface area (Å²) >= 11 is 5.60. The van der Waals surface area contributed by atoms with Crippen LogP contribution in [-0.2, 0) is 11.2 Å². The van der Waals surface area contributed by atoms with Crippen LogP contribution in [0.25, 0.3) is 0 Å². The molecule has 152 valence electrons. The van der Waals surface area contributed by atoms with Crippen LogP contribution < -0.4 is 20.3 Å². The number of carbonyl (C=O) groups is 1. The monoisotopic (exact) mass is 409 g/mol. The number of carbonyl (C=O) groups excluding carboxylic acids is 1. The fourth-order valence-corrected chi connectivity index (χ4v) is 4.53. The Bertz CT molecular complexity index is 944. The molecule has 4 rings (SSSR count). The van der Waals surface area contributed by atoms with Gasteiger partial charge in [0.1, 0.15) is 5.75 Å². The first kappa shape index (κ1) is 19.7. The summed E-state index contributed by atoms with van der Waals surface area (Å²) in [7, 11) is 1.70. The van der Waals surface area contributed by atoms with Gasteiger partial charge >= 0.3 is 0 Å². The number of methoxy groups -OCH3 is 1. The van der Waals surface area contributed by atoms with Crippen LogP contribution in [0.1, 0.15) is 48.4 Å². The predicted octanol–water partition coefficient (Wildman–Crippen LogP) is 4.49. The largest absolute Gasteiger partial charge is 0.497 e. The maximum atomic E-state index is 12.1. The summed E-state index contributed by atoms with van der Waals surface area (Å²) < 4.78 is 5.36. The fourth-order valence-electron chi connectivity index (χ4n) is 4.27. The highest BCUT2D eigenvalue weighted by Gasteiger charge is 2.24. The van der Waals surface area contributed by atoms with Gasteiger partial charge in [0.05, 0.1) is 13.2 Å². The SMILES string of the molecule is COc1ccc2c(c1)CCCC2NC(=S)Nc1ccc(C)c(N2CCCC2=O)c1. The molecular weight excluding hydrogens is 382 g/mol. The van der Waals surface area contributed by atoms with E-state index in [0.717, 1.165) is 54.9 Å². The molecule has 0 saturated carbocycles. The molecule has 2 aromatic rings. The molecule has 1 saturated heterocycles. The summed E-state index contributed by atoms with van der Waals surface area (Å²) in [5, 5.41) is 7.38. The second-order valence-corrected chi connectivity index (χ2v) is 8.17. The number of nitrogens with one attached hydrogen (secondary N) is 2. The predicted molar refractivity (Wildman–Crippen MR) is 121 cm³/mol. The molecular formula is C23H27N3O2S. The number of hydrogen-bond acceptors (Lipinski definition) is 3. The molecule has 0 spiro atoms. The summed E-state index contributed by atoms with van der Waals surface area (Å²) in [5.41, 5.74) is 5.57. The van der Waals surface area contributed by atoms with Gasteiger partial charge in [-0.25, -0.2) is 0 Å². The van der Waals surface area contributed by atoms with Crippen molar-refractivity contribution in [2.24, 2.45) is 0 Å². The van der Waals surface area contributed by atoms with Crippen molar-refractivity contribution in [1.29, 1.82) is 0 Å². The van der Waals surface area contributed by atoms with Gasteiger partial charge in [0.15, 0.2) is 5.11 Å². The fraction of sp³-hybridized carbons (Fsp3) is 0.391. The Hall–Kier alpha value is -2.60. The van der Waals surface area contributed by atoms with E-state index in [1.165, 1.54) is 11.1 Å². The van der Waals surface area contributed by atoms with Gasteiger partial charge in [-0.1, -0.05) is 12.1 Å². The lowest BCUT2D eigenvalue weighted by Gasteiger charge is -2.28. The Kier molecular flexibility index (Phi) is 5.72. The van der Waals surface area contributed by atoms with E-state index in [2.05, 4.69) is 22.8 Å². The Morgan fingerprint density at radius 1 is 1.17 bits per heavy atom. The number of thiocarbonyl (C=S) groups is 1. The maximum absolute atomic E-state index is 12.1. The lowest BCUT2D eigenvalue weighted by Crippen LogP contribution is -2.34. The maximum Gasteiger partial charge on any atom is 0.227 e. The molecule has 1 heterocycles. The number of benzene rings is 2. The van der Waals surface area contributed by atoms with Crippen molar-refractivity contribution >= 4 is 34.6 Å².